The van der Waals surface area contributed by atoms with Crippen LogP contribution in [0.1, 0.15) is 74.2 Å². The van der Waals surface area contributed by atoms with Gasteiger partial charge in [0.2, 0.25) is 0 Å². The summed E-state index contributed by atoms with van der Waals surface area (Å²) in [5, 5.41) is 10.9. The fourth-order valence-electron chi connectivity index (χ4n) is 6.03. The Morgan fingerprint density at radius 3 is 2.49 bits per heavy atom. The molecule has 2 aromatic rings. The molecule has 2 atom stereocenters. The summed E-state index contributed by atoms with van der Waals surface area (Å²) in [5.74, 6) is 2.17. The van der Waals surface area contributed by atoms with Crippen molar-refractivity contribution in [1.82, 2.24) is 14.8 Å². The van der Waals surface area contributed by atoms with Crippen molar-refractivity contribution in [2.75, 3.05) is 52.4 Å². The molecule has 4 N–H and O–H groups in total. The summed E-state index contributed by atoms with van der Waals surface area (Å²) < 4.78 is 13.7. The molecule has 9 nitrogen and oxygen atoms in total. The summed E-state index contributed by atoms with van der Waals surface area (Å²) in [4.78, 5) is 20.0. The molecule has 1 saturated heterocycles. The monoisotopic (exact) mass is 547 g/mol. The van der Waals surface area contributed by atoms with Crippen molar-refractivity contribution >= 4 is 51.3 Å². The van der Waals surface area contributed by atoms with E-state index in [1.54, 1.807) is 12.4 Å². The average Bonchev–Trinajstić information content (AvgIpc) is 3.24. The molecule has 11 heteroatoms. The first-order valence-electron chi connectivity index (χ1n) is 13.6. The molecule has 1 amide bonds. The highest BCUT2D eigenvalue weighted by atomic mass is 35.5. The lowest BCUT2D eigenvalue weighted by atomic mass is 9.84. The fraction of sp³-hybridized carbons (Fsp3) is 0.654. The number of fused-ring (bicyclic) bond motifs is 1. The van der Waals surface area contributed by atoms with Crippen molar-refractivity contribution in [2.24, 2.45) is 5.92 Å². The molecule has 2 fully saturated rings. The number of nitrogen functional groups attached to an aromatic ring is 1. The SMILES string of the molecule is Nc1nn2c(c1C(=O)Nc1cnccc1N1CCS(=O)CC1)NCC(Cl)C2C1CCCCCCCCC1. The maximum atomic E-state index is 13.6. The van der Waals surface area contributed by atoms with Gasteiger partial charge in [-0.1, -0.05) is 44.9 Å². The van der Waals surface area contributed by atoms with Gasteiger partial charge in [-0.05, 0) is 24.8 Å². The molecule has 1 saturated carbocycles. The van der Waals surface area contributed by atoms with Crippen LogP contribution in [0, 0.1) is 5.92 Å². The van der Waals surface area contributed by atoms with E-state index in [1.165, 1.54) is 44.9 Å². The zero-order chi connectivity index (χ0) is 25.8. The van der Waals surface area contributed by atoms with E-state index < -0.39 is 10.8 Å². The molecular formula is C26H38ClN7O2S. The van der Waals surface area contributed by atoms with Crippen molar-refractivity contribution in [1.29, 1.82) is 0 Å². The van der Waals surface area contributed by atoms with Gasteiger partial charge < -0.3 is 21.3 Å². The van der Waals surface area contributed by atoms with Crippen LogP contribution >= 0.6 is 11.6 Å². The van der Waals surface area contributed by atoms with Gasteiger partial charge in [0.25, 0.3) is 5.91 Å². The first kappa shape index (κ1) is 26.3. The Labute approximate surface area is 226 Å². The first-order valence-corrected chi connectivity index (χ1v) is 15.6. The lowest BCUT2D eigenvalue weighted by Crippen LogP contribution is -2.39. The minimum Gasteiger partial charge on any atom is -0.381 e. The van der Waals surface area contributed by atoms with Gasteiger partial charge in [0.05, 0.1) is 29.0 Å². The molecule has 2 aliphatic heterocycles. The van der Waals surface area contributed by atoms with Gasteiger partial charge in [0.1, 0.15) is 11.4 Å². The highest BCUT2D eigenvalue weighted by molar-refractivity contribution is 7.85. The summed E-state index contributed by atoms with van der Waals surface area (Å²) in [6, 6.07) is 1.89. The van der Waals surface area contributed by atoms with Gasteiger partial charge >= 0.3 is 0 Å². The number of alkyl halides is 1. The number of aromatic nitrogens is 3. The molecule has 5 rings (SSSR count). The van der Waals surface area contributed by atoms with Gasteiger partial charge in [0, 0.05) is 48.1 Å². The third-order valence-electron chi connectivity index (χ3n) is 7.98. The van der Waals surface area contributed by atoms with Gasteiger partial charge in [-0.3, -0.25) is 14.0 Å². The molecule has 2 unspecified atom stereocenters. The highest BCUT2D eigenvalue weighted by Gasteiger charge is 2.38. The zero-order valence-corrected chi connectivity index (χ0v) is 22.9. The summed E-state index contributed by atoms with van der Waals surface area (Å²) in [6.45, 7) is 1.91. The quantitative estimate of drug-likeness (QED) is 0.485. The Morgan fingerprint density at radius 1 is 1.11 bits per heavy atom. The molecule has 202 valence electrons. The van der Waals surface area contributed by atoms with E-state index in [9.17, 15) is 9.00 Å². The largest absolute Gasteiger partial charge is 0.381 e. The summed E-state index contributed by atoms with van der Waals surface area (Å²) in [6.07, 6.45) is 14.5. The second kappa shape index (κ2) is 12.0. The number of amides is 1. The summed E-state index contributed by atoms with van der Waals surface area (Å²) in [5.41, 5.74) is 8.20. The van der Waals surface area contributed by atoms with Crippen LogP contribution in [0.2, 0.25) is 0 Å². The summed E-state index contributed by atoms with van der Waals surface area (Å²) in [7, 11) is -0.785. The van der Waals surface area contributed by atoms with E-state index in [4.69, 9.17) is 17.3 Å². The molecule has 0 spiro atoms. The predicted molar refractivity (Wildman–Crippen MR) is 151 cm³/mol. The van der Waals surface area contributed by atoms with Gasteiger partial charge in [-0.25, -0.2) is 4.68 Å². The van der Waals surface area contributed by atoms with Crippen LogP contribution in [-0.2, 0) is 10.8 Å². The number of anilines is 4. The maximum Gasteiger partial charge on any atom is 0.263 e. The van der Waals surface area contributed by atoms with Crippen LogP contribution in [-0.4, -0.2) is 61.4 Å². The first-order chi connectivity index (χ1) is 18.0. The van der Waals surface area contributed by atoms with Gasteiger partial charge in [0.15, 0.2) is 5.82 Å². The standard InChI is InChI=1S/C26H38ClN7O2S/c27-19-16-30-25-22(24(28)32-34(25)23(19)18-8-6-4-2-1-3-5-7-9-18)26(35)31-20-17-29-11-10-21(20)33-12-14-37(36)15-13-33/h10-11,17-19,23,30H,1-9,12-16H2,(H2,28,32)(H,31,35). The number of carbonyl (C=O) groups excluding carboxylic acids is 1. The van der Waals surface area contributed by atoms with E-state index in [2.05, 4.69) is 25.6 Å². The normalized spacial score (nSPS) is 24.2. The molecule has 3 aliphatic rings. The van der Waals surface area contributed by atoms with Crippen LogP contribution < -0.4 is 21.3 Å². The third-order valence-corrected chi connectivity index (χ3v) is 9.67. The summed E-state index contributed by atoms with van der Waals surface area (Å²) >= 11 is 6.90. The zero-order valence-electron chi connectivity index (χ0n) is 21.3. The number of nitrogens with one attached hydrogen (secondary N) is 2. The number of pyridine rings is 1. The molecule has 37 heavy (non-hydrogen) atoms. The molecule has 4 heterocycles. The second-order valence-corrected chi connectivity index (χ2v) is 12.7. The smallest absolute Gasteiger partial charge is 0.263 e. The highest BCUT2D eigenvalue weighted by Crippen LogP contribution is 2.41. The number of hydrogen-bond donors (Lipinski definition) is 3. The molecule has 0 radical (unpaired) electrons. The number of carbonyl (C=O) groups is 1. The van der Waals surface area contributed by atoms with Crippen molar-refractivity contribution in [3.8, 4) is 0 Å². The Balaban J connectivity index is 1.39. The topological polar surface area (TPSA) is 118 Å². The van der Waals surface area contributed by atoms with Crippen molar-refractivity contribution in [3.05, 3.63) is 24.0 Å². The molecule has 0 bridgehead atoms. The van der Waals surface area contributed by atoms with Crippen LogP contribution in [0.5, 0.6) is 0 Å². The molecule has 1 aliphatic carbocycles. The van der Waals surface area contributed by atoms with Gasteiger partial charge in [-0.2, -0.15) is 5.10 Å². The maximum absolute atomic E-state index is 13.6. The molecular weight excluding hydrogens is 510 g/mol. The van der Waals surface area contributed by atoms with E-state index >= 15 is 0 Å². The minimum atomic E-state index is -0.785. The number of halogens is 1. The Morgan fingerprint density at radius 2 is 1.78 bits per heavy atom. The predicted octanol–water partition coefficient (Wildman–Crippen LogP) is 4.40. The van der Waals surface area contributed by atoms with Crippen molar-refractivity contribution in [2.45, 2.75) is 69.2 Å². The van der Waals surface area contributed by atoms with E-state index in [1.807, 2.05) is 10.7 Å². The van der Waals surface area contributed by atoms with E-state index in [-0.39, 0.29) is 23.1 Å². The fourth-order valence-corrected chi connectivity index (χ4v) is 7.47. The van der Waals surface area contributed by atoms with Crippen LogP contribution in [0.3, 0.4) is 0 Å². The van der Waals surface area contributed by atoms with E-state index in [0.29, 0.717) is 54.1 Å². The molecule has 0 aromatic carbocycles. The van der Waals surface area contributed by atoms with E-state index in [0.717, 1.165) is 18.5 Å². The number of nitrogens with zero attached hydrogens (tertiary/aromatic N) is 4. The number of rotatable bonds is 4. The minimum absolute atomic E-state index is 0.00404. The van der Waals surface area contributed by atoms with Crippen molar-refractivity contribution in [3.63, 3.8) is 0 Å². The van der Waals surface area contributed by atoms with Gasteiger partial charge in [-0.15, -0.1) is 11.6 Å². The number of nitrogens with two attached hydrogens (primary N) is 1. The Bertz CT molecular complexity index is 1110. The lowest BCUT2D eigenvalue weighted by Gasteiger charge is -2.36. The molecule has 2 aromatic heterocycles. The Kier molecular flexibility index (Phi) is 8.54. The third kappa shape index (κ3) is 5.90. The van der Waals surface area contributed by atoms with Crippen LogP contribution in [0.25, 0.3) is 0 Å². The van der Waals surface area contributed by atoms with Crippen LogP contribution in [0.15, 0.2) is 18.5 Å². The Hall–Kier alpha value is -2.33. The average molecular weight is 548 g/mol. The van der Waals surface area contributed by atoms with Crippen molar-refractivity contribution < 1.29 is 9.00 Å². The van der Waals surface area contributed by atoms with Crippen LogP contribution in [0.4, 0.5) is 23.0 Å². The number of hydrogen-bond acceptors (Lipinski definition) is 7. The second-order valence-electron chi connectivity index (χ2n) is 10.4. The lowest BCUT2D eigenvalue weighted by molar-refractivity contribution is 0.102.